The van der Waals surface area contributed by atoms with Crippen molar-refractivity contribution < 1.29 is 19.4 Å². The minimum atomic E-state index is -0.959. The molecule has 0 aliphatic carbocycles. The molecule has 0 radical (unpaired) electrons. The minimum Gasteiger partial charge on any atom is -0.494 e. The largest absolute Gasteiger partial charge is 0.494 e. The highest BCUT2D eigenvalue weighted by Gasteiger charge is 2.04. The molecule has 0 spiro atoms. The van der Waals surface area contributed by atoms with Crippen LogP contribution >= 0.6 is 0 Å². The topological polar surface area (TPSA) is 75.6 Å². The Bertz CT molecular complexity index is 431. The second kappa shape index (κ2) is 8.13. The molecule has 0 bridgehead atoms. The van der Waals surface area contributed by atoms with Crippen LogP contribution in [0.1, 0.15) is 25.3 Å². The number of rotatable bonds is 8. The van der Waals surface area contributed by atoms with Gasteiger partial charge in [-0.15, -0.1) is 0 Å². The van der Waals surface area contributed by atoms with Crippen molar-refractivity contribution in [1.29, 1.82) is 0 Å². The van der Waals surface area contributed by atoms with Crippen molar-refractivity contribution in [1.82, 2.24) is 5.32 Å². The molecule has 5 heteroatoms. The summed E-state index contributed by atoms with van der Waals surface area (Å²) in [6, 6.07) is 7.70. The van der Waals surface area contributed by atoms with Gasteiger partial charge in [-0.05, 0) is 31.0 Å². The Hall–Kier alpha value is -2.04. The number of nitrogens with one attached hydrogen (secondary N) is 1. The van der Waals surface area contributed by atoms with Gasteiger partial charge in [0.2, 0.25) is 5.91 Å². The molecule has 0 saturated heterocycles. The van der Waals surface area contributed by atoms with Crippen LogP contribution in [0.2, 0.25) is 0 Å². The molecule has 2 N–H and O–H groups in total. The summed E-state index contributed by atoms with van der Waals surface area (Å²) < 4.78 is 5.39. The van der Waals surface area contributed by atoms with Crippen molar-refractivity contribution in [2.24, 2.45) is 0 Å². The summed E-state index contributed by atoms with van der Waals surface area (Å²) in [4.78, 5) is 21.6. The molecular weight excluding hydrogens is 246 g/mol. The highest BCUT2D eigenvalue weighted by Crippen LogP contribution is 2.13. The van der Waals surface area contributed by atoms with Gasteiger partial charge in [-0.3, -0.25) is 9.59 Å². The van der Waals surface area contributed by atoms with E-state index in [1.807, 2.05) is 31.2 Å². The van der Waals surface area contributed by atoms with Crippen molar-refractivity contribution in [3.8, 4) is 5.75 Å². The first-order valence-corrected chi connectivity index (χ1v) is 6.32. The second-order valence-corrected chi connectivity index (χ2v) is 4.07. The van der Waals surface area contributed by atoms with Gasteiger partial charge < -0.3 is 15.2 Å². The van der Waals surface area contributed by atoms with Crippen molar-refractivity contribution >= 4 is 11.9 Å². The van der Waals surface area contributed by atoms with Crippen LogP contribution in [-0.2, 0) is 16.0 Å². The molecule has 0 aliphatic rings. The molecule has 0 unspecified atom stereocenters. The second-order valence-electron chi connectivity index (χ2n) is 4.07. The van der Waals surface area contributed by atoms with Gasteiger partial charge >= 0.3 is 5.97 Å². The van der Waals surface area contributed by atoms with E-state index in [1.165, 1.54) is 0 Å². The molecule has 0 atom stereocenters. The Balaban J connectivity index is 2.30. The first kappa shape index (κ1) is 15.0. The molecule has 5 nitrogen and oxygen atoms in total. The summed E-state index contributed by atoms with van der Waals surface area (Å²) in [6.07, 6.45) is 0.583. The van der Waals surface area contributed by atoms with Crippen LogP contribution in [0.5, 0.6) is 5.75 Å². The van der Waals surface area contributed by atoms with Crippen LogP contribution in [0, 0.1) is 0 Å². The zero-order valence-electron chi connectivity index (χ0n) is 11.0. The van der Waals surface area contributed by atoms with Crippen LogP contribution in [0.4, 0.5) is 0 Å². The molecule has 0 aromatic heterocycles. The molecular formula is C14H19NO4. The van der Waals surface area contributed by atoms with Crippen LogP contribution in [0.25, 0.3) is 0 Å². The van der Waals surface area contributed by atoms with Crippen LogP contribution in [-0.4, -0.2) is 30.1 Å². The van der Waals surface area contributed by atoms with Crippen molar-refractivity contribution in [3.05, 3.63) is 29.8 Å². The Morgan fingerprint density at radius 3 is 2.79 bits per heavy atom. The summed E-state index contributed by atoms with van der Waals surface area (Å²) in [6.45, 7) is 3.04. The lowest BCUT2D eigenvalue weighted by atomic mass is 10.1. The van der Waals surface area contributed by atoms with Gasteiger partial charge in [0.1, 0.15) is 5.75 Å². The standard InChI is InChI=1S/C14H19NO4/c1-2-19-12-5-3-4-11(10-12)8-9-15-13(16)6-7-14(17)18/h3-5,10H,2,6-9H2,1H3,(H,15,16)(H,17,18). The summed E-state index contributed by atoms with van der Waals surface area (Å²) in [5.41, 5.74) is 1.07. The van der Waals surface area contributed by atoms with E-state index in [4.69, 9.17) is 9.84 Å². The molecule has 1 aromatic carbocycles. The average molecular weight is 265 g/mol. The zero-order chi connectivity index (χ0) is 14.1. The van der Waals surface area contributed by atoms with E-state index >= 15 is 0 Å². The number of hydrogen-bond donors (Lipinski definition) is 2. The van der Waals surface area contributed by atoms with Crippen molar-refractivity contribution in [2.45, 2.75) is 26.2 Å². The third-order valence-electron chi connectivity index (χ3n) is 2.51. The maximum atomic E-state index is 11.3. The Morgan fingerprint density at radius 2 is 2.11 bits per heavy atom. The number of carbonyl (C=O) groups excluding carboxylic acids is 1. The van der Waals surface area contributed by atoms with E-state index in [2.05, 4.69) is 5.32 Å². The van der Waals surface area contributed by atoms with E-state index in [0.29, 0.717) is 19.6 Å². The highest BCUT2D eigenvalue weighted by atomic mass is 16.5. The first-order valence-electron chi connectivity index (χ1n) is 6.32. The third kappa shape index (κ3) is 6.45. The minimum absolute atomic E-state index is 0.0221. The van der Waals surface area contributed by atoms with E-state index in [9.17, 15) is 9.59 Å². The van der Waals surface area contributed by atoms with E-state index in [0.717, 1.165) is 11.3 Å². The van der Waals surface area contributed by atoms with Gasteiger partial charge in [-0.1, -0.05) is 12.1 Å². The van der Waals surface area contributed by atoms with Crippen LogP contribution < -0.4 is 10.1 Å². The molecule has 0 fully saturated rings. The van der Waals surface area contributed by atoms with Gasteiger partial charge in [-0.2, -0.15) is 0 Å². The Labute approximate surface area is 112 Å². The number of aliphatic carboxylic acids is 1. The monoisotopic (exact) mass is 265 g/mol. The first-order chi connectivity index (χ1) is 9.11. The Kier molecular flexibility index (Phi) is 6.43. The maximum absolute atomic E-state index is 11.3. The number of ether oxygens (including phenoxy) is 1. The molecule has 1 aromatic rings. The highest BCUT2D eigenvalue weighted by molar-refractivity contribution is 5.80. The fraction of sp³-hybridized carbons (Fsp3) is 0.429. The molecule has 104 valence electrons. The summed E-state index contributed by atoms with van der Waals surface area (Å²) in [5, 5.41) is 11.1. The number of carboxylic acid groups (broad SMARTS) is 1. The molecule has 1 amide bonds. The predicted molar refractivity (Wildman–Crippen MR) is 71.2 cm³/mol. The number of amides is 1. The zero-order valence-corrected chi connectivity index (χ0v) is 11.0. The fourth-order valence-electron chi connectivity index (χ4n) is 1.61. The maximum Gasteiger partial charge on any atom is 0.303 e. The normalized spacial score (nSPS) is 9.95. The van der Waals surface area contributed by atoms with Crippen LogP contribution in [0.15, 0.2) is 24.3 Å². The summed E-state index contributed by atoms with van der Waals surface area (Å²) >= 11 is 0. The smallest absolute Gasteiger partial charge is 0.303 e. The number of hydrogen-bond acceptors (Lipinski definition) is 3. The molecule has 0 heterocycles. The molecule has 0 saturated carbocycles. The lowest BCUT2D eigenvalue weighted by Gasteiger charge is -2.07. The van der Waals surface area contributed by atoms with Crippen molar-refractivity contribution in [2.75, 3.05) is 13.2 Å². The quantitative estimate of drug-likeness (QED) is 0.748. The molecule has 19 heavy (non-hydrogen) atoms. The average Bonchev–Trinajstić information content (AvgIpc) is 2.37. The third-order valence-corrected chi connectivity index (χ3v) is 2.51. The van der Waals surface area contributed by atoms with E-state index < -0.39 is 5.97 Å². The van der Waals surface area contributed by atoms with E-state index in [-0.39, 0.29) is 18.7 Å². The SMILES string of the molecule is CCOc1cccc(CCNC(=O)CCC(=O)O)c1. The number of carbonyl (C=O) groups is 2. The van der Waals surface area contributed by atoms with Crippen molar-refractivity contribution in [3.63, 3.8) is 0 Å². The lowest BCUT2D eigenvalue weighted by Crippen LogP contribution is -2.26. The van der Waals surface area contributed by atoms with Gasteiger partial charge in [0.05, 0.1) is 13.0 Å². The number of carboxylic acids is 1. The van der Waals surface area contributed by atoms with Gasteiger partial charge in [0.25, 0.3) is 0 Å². The fourth-order valence-corrected chi connectivity index (χ4v) is 1.61. The molecule has 1 rings (SSSR count). The Morgan fingerprint density at radius 1 is 1.32 bits per heavy atom. The summed E-state index contributed by atoms with van der Waals surface area (Å²) in [5.74, 6) is -0.375. The van der Waals surface area contributed by atoms with E-state index in [1.54, 1.807) is 0 Å². The summed E-state index contributed by atoms with van der Waals surface area (Å²) in [7, 11) is 0. The van der Waals surface area contributed by atoms with Gasteiger partial charge in [0, 0.05) is 13.0 Å². The lowest BCUT2D eigenvalue weighted by molar-refractivity contribution is -0.138. The van der Waals surface area contributed by atoms with Gasteiger partial charge in [-0.25, -0.2) is 0 Å². The number of benzene rings is 1. The predicted octanol–water partition coefficient (Wildman–Crippen LogP) is 1.61. The van der Waals surface area contributed by atoms with Gasteiger partial charge in [0.15, 0.2) is 0 Å². The van der Waals surface area contributed by atoms with Crippen LogP contribution in [0.3, 0.4) is 0 Å². The molecule has 0 aliphatic heterocycles.